The van der Waals surface area contributed by atoms with E-state index in [-0.39, 0.29) is 10.6 Å². The Labute approximate surface area is 122 Å². The Bertz CT molecular complexity index is 819. The molecule has 0 saturated carbocycles. The third kappa shape index (κ3) is 2.16. The van der Waals surface area contributed by atoms with Crippen molar-refractivity contribution in [2.45, 2.75) is 20.3 Å². The quantitative estimate of drug-likeness (QED) is 0.542. The summed E-state index contributed by atoms with van der Waals surface area (Å²) in [5, 5.41) is 10.7. The maximum absolute atomic E-state index is 10.7. The van der Waals surface area contributed by atoms with Crippen LogP contribution in [-0.2, 0) is 6.42 Å². The van der Waals surface area contributed by atoms with Gasteiger partial charge in [-0.15, -0.1) is 0 Å². The van der Waals surface area contributed by atoms with Gasteiger partial charge in [-0.3, -0.25) is 10.1 Å². The lowest BCUT2D eigenvalue weighted by atomic mass is 10.0. The SMILES string of the molecule is CCc1nc(C)c2c(-c3ccc([N+](=O)[O-])cc3)cccn12. The molecule has 3 aromatic rings. The predicted molar refractivity (Wildman–Crippen MR) is 81.4 cm³/mol. The highest BCUT2D eigenvalue weighted by atomic mass is 16.6. The number of aryl methyl sites for hydroxylation is 2. The van der Waals surface area contributed by atoms with Gasteiger partial charge in [0.15, 0.2) is 0 Å². The second kappa shape index (κ2) is 5.01. The zero-order valence-electron chi connectivity index (χ0n) is 11.9. The summed E-state index contributed by atoms with van der Waals surface area (Å²) in [5.74, 6) is 1.02. The standard InChI is InChI=1S/C16H15N3O2/c1-3-15-17-11(2)16-14(5-4-10-18(15)16)12-6-8-13(9-7-12)19(20)21/h4-10H,3H2,1-2H3. The van der Waals surface area contributed by atoms with E-state index in [0.717, 1.165) is 34.6 Å². The molecule has 0 aliphatic rings. The van der Waals surface area contributed by atoms with Crippen LogP contribution in [0.25, 0.3) is 16.6 Å². The maximum Gasteiger partial charge on any atom is 0.269 e. The fourth-order valence-electron chi connectivity index (χ4n) is 2.64. The van der Waals surface area contributed by atoms with Crippen molar-refractivity contribution in [1.82, 2.24) is 9.38 Å². The number of nitrogens with zero attached hydrogens (tertiary/aromatic N) is 3. The minimum absolute atomic E-state index is 0.102. The topological polar surface area (TPSA) is 60.4 Å². The summed E-state index contributed by atoms with van der Waals surface area (Å²) in [6.07, 6.45) is 2.86. The van der Waals surface area contributed by atoms with Gasteiger partial charge in [-0.25, -0.2) is 4.98 Å². The summed E-state index contributed by atoms with van der Waals surface area (Å²) in [6.45, 7) is 4.07. The third-order valence-electron chi connectivity index (χ3n) is 3.62. The number of hydrogen-bond acceptors (Lipinski definition) is 3. The van der Waals surface area contributed by atoms with Crippen molar-refractivity contribution >= 4 is 11.2 Å². The average molecular weight is 281 g/mol. The number of pyridine rings is 1. The molecule has 0 radical (unpaired) electrons. The van der Waals surface area contributed by atoms with Crippen molar-refractivity contribution in [2.24, 2.45) is 0 Å². The van der Waals surface area contributed by atoms with Gasteiger partial charge in [-0.2, -0.15) is 0 Å². The van der Waals surface area contributed by atoms with Crippen LogP contribution in [0.5, 0.6) is 0 Å². The Morgan fingerprint density at radius 3 is 2.57 bits per heavy atom. The molecule has 0 atom stereocenters. The fourth-order valence-corrected chi connectivity index (χ4v) is 2.64. The molecule has 21 heavy (non-hydrogen) atoms. The van der Waals surface area contributed by atoms with E-state index in [2.05, 4.69) is 16.3 Å². The summed E-state index contributed by atoms with van der Waals surface area (Å²) in [6, 6.07) is 10.6. The van der Waals surface area contributed by atoms with Crippen molar-refractivity contribution in [3.05, 3.63) is 64.2 Å². The van der Waals surface area contributed by atoms with Gasteiger partial charge in [0.1, 0.15) is 5.82 Å². The number of nitro benzene ring substituents is 1. The zero-order valence-corrected chi connectivity index (χ0v) is 11.9. The van der Waals surface area contributed by atoms with Crippen molar-refractivity contribution in [1.29, 1.82) is 0 Å². The molecule has 0 fully saturated rings. The first-order valence-electron chi connectivity index (χ1n) is 6.83. The number of imidazole rings is 1. The first-order valence-corrected chi connectivity index (χ1v) is 6.83. The highest BCUT2D eigenvalue weighted by Crippen LogP contribution is 2.29. The lowest BCUT2D eigenvalue weighted by Gasteiger charge is -2.06. The molecule has 2 heterocycles. The number of benzene rings is 1. The van der Waals surface area contributed by atoms with Crippen molar-refractivity contribution in [3.8, 4) is 11.1 Å². The number of non-ortho nitro benzene ring substituents is 1. The fraction of sp³-hybridized carbons (Fsp3) is 0.188. The number of rotatable bonds is 3. The van der Waals surface area contributed by atoms with E-state index in [4.69, 9.17) is 0 Å². The van der Waals surface area contributed by atoms with E-state index in [1.54, 1.807) is 12.1 Å². The molecule has 1 aromatic carbocycles. The Morgan fingerprint density at radius 2 is 1.95 bits per heavy atom. The molecule has 0 bridgehead atoms. The van der Waals surface area contributed by atoms with Gasteiger partial charge in [-0.1, -0.05) is 13.0 Å². The van der Waals surface area contributed by atoms with E-state index in [9.17, 15) is 10.1 Å². The Hall–Kier alpha value is -2.69. The lowest BCUT2D eigenvalue weighted by Crippen LogP contribution is -1.93. The molecule has 0 spiro atoms. The van der Waals surface area contributed by atoms with E-state index < -0.39 is 0 Å². The predicted octanol–water partition coefficient (Wildman–Crippen LogP) is 3.78. The van der Waals surface area contributed by atoms with E-state index >= 15 is 0 Å². The summed E-state index contributed by atoms with van der Waals surface area (Å²) < 4.78 is 2.09. The summed E-state index contributed by atoms with van der Waals surface area (Å²) >= 11 is 0. The van der Waals surface area contributed by atoms with Gasteiger partial charge in [0, 0.05) is 30.3 Å². The molecule has 0 unspecified atom stereocenters. The molecule has 106 valence electrons. The molecule has 0 aliphatic heterocycles. The second-order valence-electron chi connectivity index (χ2n) is 4.91. The molecular formula is C16H15N3O2. The molecule has 0 amide bonds. The zero-order chi connectivity index (χ0) is 15.0. The van der Waals surface area contributed by atoms with E-state index in [0.29, 0.717) is 0 Å². The van der Waals surface area contributed by atoms with Gasteiger partial charge in [-0.05, 0) is 30.7 Å². The van der Waals surface area contributed by atoms with Crippen LogP contribution in [0.4, 0.5) is 5.69 Å². The van der Waals surface area contributed by atoms with Gasteiger partial charge in [0.2, 0.25) is 0 Å². The van der Waals surface area contributed by atoms with Crippen LogP contribution >= 0.6 is 0 Å². The van der Waals surface area contributed by atoms with Crippen molar-refractivity contribution in [3.63, 3.8) is 0 Å². The molecule has 0 N–H and O–H groups in total. The Balaban J connectivity index is 2.20. The Morgan fingerprint density at radius 1 is 1.24 bits per heavy atom. The highest BCUT2D eigenvalue weighted by Gasteiger charge is 2.12. The maximum atomic E-state index is 10.7. The third-order valence-corrected chi connectivity index (χ3v) is 3.62. The molecule has 3 rings (SSSR count). The molecule has 0 saturated heterocycles. The van der Waals surface area contributed by atoms with Crippen molar-refractivity contribution in [2.75, 3.05) is 0 Å². The van der Waals surface area contributed by atoms with E-state index in [1.165, 1.54) is 12.1 Å². The smallest absolute Gasteiger partial charge is 0.269 e. The largest absolute Gasteiger partial charge is 0.303 e. The van der Waals surface area contributed by atoms with Crippen LogP contribution in [0.15, 0.2) is 42.6 Å². The van der Waals surface area contributed by atoms with Crippen LogP contribution < -0.4 is 0 Å². The highest BCUT2D eigenvalue weighted by molar-refractivity contribution is 5.82. The van der Waals surface area contributed by atoms with E-state index in [1.807, 2.05) is 25.3 Å². The minimum Gasteiger partial charge on any atom is -0.303 e. The molecule has 5 nitrogen and oxygen atoms in total. The van der Waals surface area contributed by atoms with Crippen LogP contribution in [0.3, 0.4) is 0 Å². The van der Waals surface area contributed by atoms with Gasteiger partial charge >= 0.3 is 0 Å². The van der Waals surface area contributed by atoms with Gasteiger partial charge in [0.25, 0.3) is 5.69 Å². The van der Waals surface area contributed by atoms with Crippen LogP contribution in [-0.4, -0.2) is 14.3 Å². The monoisotopic (exact) mass is 281 g/mol. The first kappa shape index (κ1) is 13.3. The number of nitro groups is 1. The minimum atomic E-state index is -0.385. The summed E-state index contributed by atoms with van der Waals surface area (Å²) in [5.41, 5.74) is 4.13. The van der Waals surface area contributed by atoms with Gasteiger partial charge in [0.05, 0.1) is 16.1 Å². The molecular weight excluding hydrogens is 266 g/mol. The van der Waals surface area contributed by atoms with Crippen LogP contribution in [0, 0.1) is 17.0 Å². The van der Waals surface area contributed by atoms with Gasteiger partial charge < -0.3 is 4.40 Å². The second-order valence-corrected chi connectivity index (χ2v) is 4.91. The summed E-state index contributed by atoms with van der Waals surface area (Å²) in [7, 11) is 0. The number of fused-ring (bicyclic) bond motifs is 1. The van der Waals surface area contributed by atoms with Crippen LogP contribution in [0.2, 0.25) is 0 Å². The normalized spacial score (nSPS) is 11.0. The van der Waals surface area contributed by atoms with Crippen molar-refractivity contribution < 1.29 is 4.92 Å². The molecule has 0 aliphatic carbocycles. The summed E-state index contributed by atoms with van der Waals surface area (Å²) in [4.78, 5) is 15.0. The molecule has 2 aromatic heterocycles. The number of hydrogen-bond donors (Lipinski definition) is 0. The first-order chi connectivity index (χ1) is 10.1. The average Bonchev–Trinajstić information content (AvgIpc) is 2.84. The van der Waals surface area contributed by atoms with Crippen LogP contribution in [0.1, 0.15) is 18.4 Å². The number of aromatic nitrogens is 2. The lowest BCUT2D eigenvalue weighted by molar-refractivity contribution is -0.384. The molecule has 5 heteroatoms. The Kier molecular flexibility index (Phi) is 3.17.